The van der Waals surface area contributed by atoms with Crippen LogP contribution in [0.5, 0.6) is 0 Å². The van der Waals surface area contributed by atoms with Crippen LogP contribution in [0.2, 0.25) is 0 Å². The van der Waals surface area contributed by atoms with Crippen LogP contribution in [0.3, 0.4) is 0 Å². The highest BCUT2D eigenvalue weighted by atomic mass is 32.1. The van der Waals surface area contributed by atoms with Gasteiger partial charge >= 0.3 is 0 Å². The molecule has 3 nitrogen and oxygen atoms in total. The zero-order valence-corrected chi connectivity index (χ0v) is 14.4. The highest BCUT2D eigenvalue weighted by Gasteiger charge is 2.32. The molecule has 2 aromatic rings. The lowest BCUT2D eigenvalue weighted by Crippen LogP contribution is -2.49. The second-order valence-electron chi connectivity index (χ2n) is 6.16. The van der Waals surface area contributed by atoms with Crippen molar-refractivity contribution in [3.63, 3.8) is 0 Å². The molecule has 2 rings (SSSR count). The summed E-state index contributed by atoms with van der Waals surface area (Å²) < 4.78 is 0. The summed E-state index contributed by atoms with van der Waals surface area (Å²) in [5.74, 6) is -0.275. The summed E-state index contributed by atoms with van der Waals surface area (Å²) in [5.41, 5.74) is 2.67. The van der Waals surface area contributed by atoms with Crippen molar-refractivity contribution >= 4 is 23.0 Å². The SMILES string of the molecule is Cc1ccc(C(=O)C(C)(C)NC(=O)c2sccc2C)c(C)c1. The average Bonchev–Trinajstić information content (AvgIpc) is 2.84. The number of hydrogen-bond acceptors (Lipinski definition) is 3. The van der Waals surface area contributed by atoms with Crippen LogP contribution >= 0.6 is 11.3 Å². The second kappa shape index (κ2) is 6.05. The molecule has 0 spiro atoms. The van der Waals surface area contributed by atoms with Gasteiger partial charge in [0.15, 0.2) is 5.78 Å². The van der Waals surface area contributed by atoms with Gasteiger partial charge in [-0.15, -0.1) is 11.3 Å². The van der Waals surface area contributed by atoms with Crippen molar-refractivity contribution < 1.29 is 9.59 Å². The Bertz CT molecular complexity index is 728. The lowest BCUT2D eigenvalue weighted by molar-refractivity contribution is 0.0799. The monoisotopic (exact) mass is 315 g/mol. The first-order chi connectivity index (χ1) is 10.2. The van der Waals surface area contributed by atoms with Crippen LogP contribution in [0.4, 0.5) is 0 Å². The quantitative estimate of drug-likeness (QED) is 0.865. The third-order valence-electron chi connectivity index (χ3n) is 3.69. The molecular weight excluding hydrogens is 294 g/mol. The molecule has 0 saturated heterocycles. The number of aryl methyl sites for hydroxylation is 3. The Hall–Kier alpha value is -1.94. The Morgan fingerprint density at radius 1 is 1.05 bits per heavy atom. The number of carbonyl (C=O) groups excluding carboxylic acids is 2. The Morgan fingerprint density at radius 3 is 2.27 bits per heavy atom. The fourth-order valence-corrected chi connectivity index (χ4v) is 3.23. The minimum Gasteiger partial charge on any atom is -0.339 e. The van der Waals surface area contributed by atoms with Gasteiger partial charge in [0, 0.05) is 5.56 Å². The molecule has 4 heteroatoms. The van der Waals surface area contributed by atoms with Gasteiger partial charge in [-0.2, -0.15) is 0 Å². The number of ketones is 1. The molecule has 1 aromatic heterocycles. The van der Waals surface area contributed by atoms with Crippen LogP contribution in [0.25, 0.3) is 0 Å². The minimum atomic E-state index is -0.951. The largest absolute Gasteiger partial charge is 0.339 e. The number of carbonyl (C=O) groups is 2. The van der Waals surface area contributed by atoms with Crippen LogP contribution in [-0.4, -0.2) is 17.2 Å². The molecule has 0 saturated carbocycles. The molecule has 0 unspecified atom stereocenters. The molecule has 0 atom stereocenters. The number of benzene rings is 1. The van der Waals surface area contributed by atoms with Gasteiger partial charge in [0.25, 0.3) is 5.91 Å². The molecule has 0 bridgehead atoms. The van der Waals surface area contributed by atoms with Crippen LogP contribution in [0.15, 0.2) is 29.6 Å². The number of thiophene rings is 1. The van der Waals surface area contributed by atoms with E-state index >= 15 is 0 Å². The van der Waals surface area contributed by atoms with Gasteiger partial charge in [0.05, 0.1) is 10.4 Å². The zero-order valence-electron chi connectivity index (χ0n) is 13.6. The number of nitrogens with one attached hydrogen (secondary N) is 1. The predicted octanol–water partition coefficient (Wildman–Crippen LogP) is 4.06. The van der Waals surface area contributed by atoms with Crippen molar-refractivity contribution in [1.29, 1.82) is 0 Å². The van der Waals surface area contributed by atoms with Gasteiger partial charge in [-0.25, -0.2) is 0 Å². The molecule has 0 aliphatic heterocycles. The van der Waals surface area contributed by atoms with E-state index in [2.05, 4.69) is 5.32 Å². The van der Waals surface area contributed by atoms with Crippen molar-refractivity contribution in [1.82, 2.24) is 5.32 Å². The van der Waals surface area contributed by atoms with E-state index < -0.39 is 5.54 Å². The fourth-order valence-electron chi connectivity index (χ4n) is 2.41. The van der Waals surface area contributed by atoms with Gasteiger partial charge in [-0.1, -0.05) is 23.8 Å². The first-order valence-electron chi connectivity index (χ1n) is 7.21. The molecule has 1 heterocycles. The minimum absolute atomic E-state index is 0.0763. The third kappa shape index (κ3) is 3.28. The molecule has 0 aliphatic rings. The maximum absolute atomic E-state index is 12.8. The molecule has 1 N–H and O–H groups in total. The van der Waals surface area contributed by atoms with Crippen LogP contribution in [-0.2, 0) is 0 Å². The third-order valence-corrected chi connectivity index (χ3v) is 4.70. The second-order valence-corrected chi connectivity index (χ2v) is 7.08. The summed E-state index contributed by atoms with van der Waals surface area (Å²) >= 11 is 1.39. The summed E-state index contributed by atoms with van der Waals surface area (Å²) in [5, 5.41) is 4.74. The van der Waals surface area contributed by atoms with E-state index in [0.717, 1.165) is 16.7 Å². The lowest BCUT2D eigenvalue weighted by Gasteiger charge is -2.25. The number of Topliss-reactive ketones (excluding diaryl/α,β-unsaturated/α-hetero) is 1. The smallest absolute Gasteiger partial charge is 0.262 e. The van der Waals surface area contributed by atoms with Crippen LogP contribution in [0.1, 0.15) is 50.6 Å². The summed E-state index contributed by atoms with van der Waals surface area (Å²) in [6.45, 7) is 9.30. The Balaban J connectivity index is 2.24. The fraction of sp³-hybridized carbons (Fsp3) is 0.333. The predicted molar refractivity (Wildman–Crippen MR) is 90.8 cm³/mol. The average molecular weight is 315 g/mol. The summed E-state index contributed by atoms with van der Waals surface area (Å²) in [7, 11) is 0. The van der Waals surface area contributed by atoms with Crippen molar-refractivity contribution in [2.45, 2.75) is 40.2 Å². The van der Waals surface area contributed by atoms with E-state index in [4.69, 9.17) is 0 Å². The molecule has 116 valence electrons. The molecule has 0 aliphatic carbocycles. The van der Waals surface area contributed by atoms with Gasteiger partial charge < -0.3 is 5.32 Å². The van der Waals surface area contributed by atoms with Gasteiger partial charge in [0.1, 0.15) is 0 Å². The Kier molecular flexibility index (Phi) is 4.52. The number of rotatable bonds is 4. The topological polar surface area (TPSA) is 46.2 Å². The molecular formula is C18H21NO2S. The highest BCUT2D eigenvalue weighted by molar-refractivity contribution is 7.12. The highest BCUT2D eigenvalue weighted by Crippen LogP contribution is 2.20. The molecule has 1 amide bonds. The van der Waals surface area contributed by atoms with E-state index in [-0.39, 0.29) is 11.7 Å². The Labute approximate surface area is 135 Å². The van der Waals surface area contributed by atoms with Crippen molar-refractivity contribution in [2.24, 2.45) is 0 Å². The van der Waals surface area contributed by atoms with Crippen molar-refractivity contribution in [3.8, 4) is 0 Å². The molecule has 0 fully saturated rings. The first kappa shape index (κ1) is 16.4. The lowest BCUT2D eigenvalue weighted by atomic mass is 9.90. The van der Waals surface area contributed by atoms with Crippen LogP contribution < -0.4 is 5.32 Å². The van der Waals surface area contributed by atoms with Gasteiger partial charge in [0.2, 0.25) is 0 Å². The molecule has 1 aromatic carbocycles. The number of amides is 1. The normalized spacial score (nSPS) is 11.3. The number of hydrogen-bond donors (Lipinski definition) is 1. The maximum atomic E-state index is 12.8. The summed E-state index contributed by atoms with van der Waals surface area (Å²) in [6.07, 6.45) is 0. The van der Waals surface area contributed by atoms with E-state index in [9.17, 15) is 9.59 Å². The van der Waals surface area contributed by atoms with E-state index in [1.807, 2.05) is 50.4 Å². The van der Waals surface area contributed by atoms with Gasteiger partial charge in [-0.05, 0) is 57.2 Å². The van der Waals surface area contributed by atoms with Gasteiger partial charge in [-0.3, -0.25) is 9.59 Å². The van der Waals surface area contributed by atoms with E-state index in [1.54, 1.807) is 13.8 Å². The maximum Gasteiger partial charge on any atom is 0.262 e. The van der Waals surface area contributed by atoms with E-state index in [1.165, 1.54) is 11.3 Å². The first-order valence-corrected chi connectivity index (χ1v) is 8.09. The van der Waals surface area contributed by atoms with Crippen molar-refractivity contribution in [3.05, 3.63) is 56.8 Å². The van der Waals surface area contributed by atoms with Crippen molar-refractivity contribution in [2.75, 3.05) is 0 Å². The molecule has 22 heavy (non-hydrogen) atoms. The molecule has 0 radical (unpaired) electrons. The zero-order chi connectivity index (χ0) is 16.5. The summed E-state index contributed by atoms with van der Waals surface area (Å²) in [6, 6.07) is 7.63. The summed E-state index contributed by atoms with van der Waals surface area (Å²) in [4.78, 5) is 25.8. The standard InChI is InChI=1S/C18H21NO2S/c1-11-6-7-14(13(3)10-11)16(20)18(4,5)19-17(21)15-12(2)8-9-22-15/h6-10H,1-5H3,(H,19,21). The van der Waals surface area contributed by atoms with Crippen LogP contribution in [0, 0.1) is 20.8 Å². The van der Waals surface area contributed by atoms with E-state index in [0.29, 0.717) is 10.4 Å². The Morgan fingerprint density at radius 2 is 1.73 bits per heavy atom.